The van der Waals surface area contributed by atoms with Gasteiger partial charge >= 0.3 is 0 Å². The number of aromatic nitrogens is 2. The van der Waals surface area contributed by atoms with Gasteiger partial charge in [-0.1, -0.05) is 12.8 Å². The fourth-order valence-corrected chi connectivity index (χ4v) is 4.15. The number of piperidine rings is 1. The lowest BCUT2D eigenvalue weighted by Gasteiger charge is -2.31. The Morgan fingerprint density at radius 2 is 1.80 bits per heavy atom. The van der Waals surface area contributed by atoms with Crippen molar-refractivity contribution in [1.29, 1.82) is 0 Å². The number of amides is 1. The van der Waals surface area contributed by atoms with Crippen molar-refractivity contribution in [2.45, 2.75) is 58.4 Å². The van der Waals surface area contributed by atoms with Gasteiger partial charge in [0.2, 0.25) is 11.9 Å². The van der Waals surface area contributed by atoms with Crippen molar-refractivity contribution in [3.05, 3.63) is 23.3 Å². The molecular formula is C20H28N4O. The molecule has 4 rings (SSSR count). The molecular weight excluding hydrogens is 312 g/mol. The molecule has 5 heteroatoms. The summed E-state index contributed by atoms with van der Waals surface area (Å²) in [6, 6.07) is 4.74. The SMILES string of the molecule is Cc1cc2nc(N3CCC(C(=O)NC4CCCC4)CC3)[nH]c2cc1C. The van der Waals surface area contributed by atoms with Crippen molar-refractivity contribution in [3.8, 4) is 0 Å². The molecule has 1 aromatic carbocycles. The Morgan fingerprint density at radius 3 is 2.52 bits per heavy atom. The molecule has 2 heterocycles. The van der Waals surface area contributed by atoms with Gasteiger partial charge in [-0.25, -0.2) is 4.98 Å². The van der Waals surface area contributed by atoms with E-state index >= 15 is 0 Å². The largest absolute Gasteiger partial charge is 0.353 e. The topological polar surface area (TPSA) is 61.0 Å². The lowest BCUT2D eigenvalue weighted by molar-refractivity contribution is -0.126. The van der Waals surface area contributed by atoms with E-state index < -0.39 is 0 Å². The van der Waals surface area contributed by atoms with Gasteiger partial charge in [-0.2, -0.15) is 0 Å². The van der Waals surface area contributed by atoms with Crippen LogP contribution in [0.3, 0.4) is 0 Å². The van der Waals surface area contributed by atoms with Crippen molar-refractivity contribution < 1.29 is 4.79 Å². The van der Waals surface area contributed by atoms with Crippen LogP contribution >= 0.6 is 0 Å². The number of H-pyrrole nitrogens is 1. The molecule has 2 N–H and O–H groups in total. The van der Waals surface area contributed by atoms with E-state index in [0.29, 0.717) is 6.04 Å². The Balaban J connectivity index is 1.39. The van der Waals surface area contributed by atoms with Crippen LogP contribution in [-0.2, 0) is 4.79 Å². The van der Waals surface area contributed by atoms with Crippen molar-refractivity contribution >= 4 is 22.9 Å². The van der Waals surface area contributed by atoms with Crippen LogP contribution in [0.4, 0.5) is 5.95 Å². The summed E-state index contributed by atoms with van der Waals surface area (Å²) in [6.45, 7) is 6.03. The number of hydrogen-bond acceptors (Lipinski definition) is 3. The second-order valence-electron chi connectivity index (χ2n) is 7.77. The average Bonchev–Trinajstić information content (AvgIpc) is 3.25. The monoisotopic (exact) mass is 340 g/mol. The van der Waals surface area contributed by atoms with Crippen molar-refractivity contribution in [1.82, 2.24) is 15.3 Å². The highest BCUT2D eigenvalue weighted by atomic mass is 16.1. The molecule has 1 aromatic heterocycles. The molecule has 1 saturated heterocycles. The molecule has 2 aromatic rings. The maximum Gasteiger partial charge on any atom is 0.223 e. The van der Waals surface area contributed by atoms with Crippen molar-refractivity contribution in [2.75, 3.05) is 18.0 Å². The van der Waals surface area contributed by atoms with Crippen LogP contribution in [0.1, 0.15) is 49.7 Å². The Labute approximate surface area is 149 Å². The second kappa shape index (κ2) is 6.70. The van der Waals surface area contributed by atoms with Gasteiger partial charge in [0.05, 0.1) is 11.0 Å². The number of rotatable bonds is 3. The Morgan fingerprint density at radius 1 is 1.12 bits per heavy atom. The van der Waals surface area contributed by atoms with Crippen LogP contribution in [0.15, 0.2) is 12.1 Å². The molecule has 0 bridgehead atoms. The summed E-state index contributed by atoms with van der Waals surface area (Å²) >= 11 is 0. The molecule has 1 aliphatic heterocycles. The number of aryl methyl sites for hydroxylation is 2. The minimum Gasteiger partial charge on any atom is -0.353 e. The normalized spacial score (nSPS) is 19.7. The highest BCUT2D eigenvalue weighted by Crippen LogP contribution is 2.26. The molecule has 1 saturated carbocycles. The van der Waals surface area contributed by atoms with Gasteiger partial charge in [-0.05, 0) is 62.8 Å². The fraction of sp³-hybridized carbons (Fsp3) is 0.600. The van der Waals surface area contributed by atoms with Crippen LogP contribution in [0.25, 0.3) is 11.0 Å². The number of carbonyl (C=O) groups is 1. The van der Waals surface area contributed by atoms with E-state index in [2.05, 4.69) is 41.2 Å². The van der Waals surface area contributed by atoms with E-state index in [1.165, 1.54) is 24.0 Å². The Kier molecular flexibility index (Phi) is 4.40. The highest BCUT2D eigenvalue weighted by molar-refractivity contribution is 5.80. The first kappa shape index (κ1) is 16.4. The number of nitrogens with one attached hydrogen (secondary N) is 2. The predicted molar refractivity (Wildman–Crippen MR) is 101 cm³/mol. The third kappa shape index (κ3) is 3.37. The average molecular weight is 340 g/mol. The first-order valence-electron chi connectivity index (χ1n) is 9.62. The Hall–Kier alpha value is -2.04. The minimum absolute atomic E-state index is 0.158. The van der Waals surface area contributed by atoms with E-state index in [1.807, 2.05) is 0 Å². The Bertz CT molecular complexity index is 728. The van der Waals surface area contributed by atoms with E-state index in [1.54, 1.807) is 0 Å². The zero-order chi connectivity index (χ0) is 17.4. The molecule has 2 fully saturated rings. The van der Waals surface area contributed by atoms with E-state index in [0.717, 1.165) is 55.8 Å². The van der Waals surface area contributed by atoms with Crippen LogP contribution < -0.4 is 10.2 Å². The number of carbonyl (C=O) groups excluding carboxylic acids is 1. The van der Waals surface area contributed by atoms with Crippen LogP contribution in [0, 0.1) is 19.8 Å². The molecule has 0 spiro atoms. The van der Waals surface area contributed by atoms with Crippen molar-refractivity contribution in [2.24, 2.45) is 5.92 Å². The highest BCUT2D eigenvalue weighted by Gasteiger charge is 2.28. The first-order valence-corrected chi connectivity index (χ1v) is 9.62. The summed E-state index contributed by atoms with van der Waals surface area (Å²) in [7, 11) is 0. The summed E-state index contributed by atoms with van der Waals surface area (Å²) in [5.41, 5.74) is 4.68. The van der Waals surface area contributed by atoms with E-state index in [4.69, 9.17) is 4.98 Å². The number of imidazole rings is 1. The van der Waals surface area contributed by atoms with Crippen LogP contribution in [0.2, 0.25) is 0 Å². The summed E-state index contributed by atoms with van der Waals surface area (Å²) in [6.07, 6.45) is 6.65. The standard InChI is InChI=1S/C20H28N4O/c1-13-11-17-18(12-14(13)2)23-20(22-17)24-9-7-15(8-10-24)19(25)21-16-5-3-4-6-16/h11-12,15-16H,3-10H2,1-2H3,(H,21,25)(H,22,23). The van der Waals surface area contributed by atoms with Gasteiger partial charge in [0.1, 0.15) is 0 Å². The van der Waals surface area contributed by atoms with Gasteiger partial charge in [0, 0.05) is 25.0 Å². The zero-order valence-corrected chi connectivity index (χ0v) is 15.3. The van der Waals surface area contributed by atoms with Crippen LogP contribution in [0.5, 0.6) is 0 Å². The number of nitrogens with zero attached hydrogens (tertiary/aromatic N) is 2. The molecule has 0 atom stereocenters. The minimum atomic E-state index is 0.158. The summed E-state index contributed by atoms with van der Waals surface area (Å²) in [5, 5.41) is 3.26. The second-order valence-corrected chi connectivity index (χ2v) is 7.77. The third-order valence-corrected chi connectivity index (χ3v) is 5.95. The third-order valence-electron chi connectivity index (χ3n) is 5.95. The lowest BCUT2D eigenvalue weighted by Crippen LogP contribution is -2.43. The zero-order valence-electron chi connectivity index (χ0n) is 15.3. The molecule has 2 aliphatic rings. The number of aromatic amines is 1. The number of hydrogen-bond donors (Lipinski definition) is 2. The molecule has 5 nitrogen and oxygen atoms in total. The molecule has 25 heavy (non-hydrogen) atoms. The van der Waals surface area contributed by atoms with Gasteiger partial charge < -0.3 is 15.2 Å². The van der Waals surface area contributed by atoms with Gasteiger partial charge in [0.25, 0.3) is 0 Å². The maximum atomic E-state index is 12.5. The predicted octanol–water partition coefficient (Wildman–Crippen LogP) is 3.45. The quantitative estimate of drug-likeness (QED) is 0.899. The maximum absolute atomic E-state index is 12.5. The van der Waals surface area contributed by atoms with E-state index in [9.17, 15) is 4.79 Å². The number of benzene rings is 1. The molecule has 0 unspecified atom stereocenters. The number of fused-ring (bicyclic) bond motifs is 1. The number of anilines is 1. The van der Waals surface area contributed by atoms with E-state index in [-0.39, 0.29) is 11.8 Å². The molecule has 134 valence electrons. The summed E-state index contributed by atoms with van der Waals surface area (Å²) in [4.78, 5) is 23.0. The summed E-state index contributed by atoms with van der Waals surface area (Å²) in [5.74, 6) is 1.36. The fourth-order valence-electron chi connectivity index (χ4n) is 4.15. The van der Waals surface area contributed by atoms with Crippen LogP contribution in [-0.4, -0.2) is 35.0 Å². The molecule has 0 radical (unpaired) electrons. The summed E-state index contributed by atoms with van der Waals surface area (Å²) < 4.78 is 0. The lowest BCUT2D eigenvalue weighted by atomic mass is 9.95. The smallest absolute Gasteiger partial charge is 0.223 e. The van der Waals surface area contributed by atoms with Gasteiger partial charge in [0.15, 0.2) is 0 Å². The molecule has 1 amide bonds. The van der Waals surface area contributed by atoms with Gasteiger partial charge in [-0.15, -0.1) is 0 Å². The van der Waals surface area contributed by atoms with Crippen molar-refractivity contribution in [3.63, 3.8) is 0 Å². The first-order chi connectivity index (χ1) is 12.1. The van der Waals surface area contributed by atoms with Gasteiger partial charge in [-0.3, -0.25) is 4.79 Å². The molecule has 1 aliphatic carbocycles.